The van der Waals surface area contributed by atoms with Gasteiger partial charge in [-0.05, 0) is 18.9 Å². The lowest BCUT2D eigenvalue weighted by Crippen LogP contribution is -1.96. The first-order valence-electron chi connectivity index (χ1n) is 4.60. The molecule has 0 saturated heterocycles. The molecule has 0 aromatic carbocycles. The van der Waals surface area contributed by atoms with Crippen LogP contribution in [0.15, 0.2) is 30.9 Å². The zero-order valence-corrected chi connectivity index (χ0v) is 8.38. The Morgan fingerprint density at radius 2 is 2.13 bits per heavy atom. The third-order valence-electron chi connectivity index (χ3n) is 1.89. The van der Waals surface area contributed by atoms with Crippen molar-refractivity contribution in [3.63, 3.8) is 0 Å². The van der Waals surface area contributed by atoms with E-state index in [1.54, 1.807) is 23.3 Å². The molecule has 15 heavy (non-hydrogen) atoms. The third kappa shape index (κ3) is 2.41. The van der Waals surface area contributed by atoms with Gasteiger partial charge in [0.1, 0.15) is 12.2 Å². The highest BCUT2D eigenvalue weighted by Gasteiger charge is 1.93. The Balaban J connectivity index is 2.09. The van der Waals surface area contributed by atoms with Crippen LogP contribution >= 0.6 is 0 Å². The van der Waals surface area contributed by atoms with Crippen LogP contribution in [0, 0.1) is 18.8 Å². The quantitative estimate of drug-likeness (QED) is 0.643. The Morgan fingerprint density at radius 1 is 1.27 bits per heavy atom. The number of hydrogen-bond acceptors (Lipinski definition) is 3. The largest absolute Gasteiger partial charge is 0.261 e. The normalized spacial score (nSPS) is 9.40. The SMILES string of the molecule is Cc1nccnc1C#CCn1cccn1. The Bertz CT molecular complexity index is 491. The molecule has 0 fully saturated rings. The fourth-order valence-corrected chi connectivity index (χ4v) is 1.13. The van der Waals surface area contributed by atoms with E-state index in [1.165, 1.54) is 0 Å². The molecule has 0 bridgehead atoms. The molecule has 0 spiro atoms. The summed E-state index contributed by atoms with van der Waals surface area (Å²) in [6.07, 6.45) is 6.91. The summed E-state index contributed by atoms with van der Waals surface area (Å²) in [5, 5.41) is 4.05. The zero-order valence-electron chi connectivity index (χ0n) is 8.38. The van der Waals surface area contributed by atoms with Crippen LogP contribution in [-0.2, 0) is 6.54 Å². The maximum Gasteiger partial charge on any atom is 0.134 e. The van der Waals surface area contributed by atoms with Gasteiger partial charge in [0, 0.05) is 24.8 Å². The van der Waals surface area contributed by atoms with Gasteiger partial charge in [-0.1, -0.05) is 5.92 Å². The Kier molecular flexibility index (Phi) is 2.75. The molecule has 0 amide bonds. The summed E-state index contributed by atoms with van der Waals surface area (Å²) in [5.41, 5.74) is 1.58. The zero-order chi connectivity index (χ0) is 10.5. The summed E-state index contributed by atoms with van der Waals surface area (Å²) in [6, 6.07) is 1.87. The molecule has 2 rings (SSSR count). The van der Waals surface area contributed by atoms with Gasteiger partial charge in [-0.15, -0.1) is 0 Å². The molecule has 4 heteroatoms. The minimum absolute atomic E-state index is 0.572. The summed E-state index contributed by atoms with van der Waals surface area (Å²) < 4.78 is 1.76. The molecule has 0 atom stereocenters. The van der Waals surface area contributed by atoms with Gasteiger partial charge < -0.3 is 0 Å². The predicted molar refractivity (Wildman–Crippen MR) is 55.9 cm³/mol. The van der Waals surface area contributed by atoms with E-state index >= 15 is 0 Å². The number of nitrogens with zero attached hydrogens (tertiary/aromatic N) is 4. The number of rotatable bonds is 1. The fraction of sp³-hybridized carbons (Fsp3) is 0.182. The van der Waals surface area contributed by atoms with Crippen molar-refractivity contribution in [3.05, 3.63) is 42.2 Å². The lowest BCUT2D eigenvalue weighted by atomic mass is 10.3. The molecule has 0 unspecified atom stereocenters. The second-order valence-corrected chi connectivity index (χ2v) is 3.00. The van der Waals surface area contributed by atoms with Crippen LogP contribution in [0.4, 0.5) is 0 Å². The van der Waals surface area contributed by atoms with Crippen LogP contribution in [0.5, 0.6) is 0 Å². The predicted octanol–water partition coefficient (Wildman–Crippen LogP) is 1.03. The Hall–Kier alpha value is -2.15. The summed E-state index contributed by atoms with van der Waals surface area (Å²) in [4.78, 5) is 8.24. The van der Waals surface area contributed by atoms with Crippen molar-refractivity contribution in [2.24, 2.45) is 0 Å². The van der Waals surface area contributed by atoms with E-state index in [1.807, 2.05) is 19.2 Å². The monoisotopic (exact) mass is 198 g/mol. The minimum atomic E-state index is 0.572. The van der Waals surface area contributed by atoms with E-state index in [2.05, 4.69) is 26.9 Å². The van der Waals surface area contributed by atoms with E-state index in [9.17, 15) is 0 Å². The molecule has 4 nitrogen and oxygen atoms in total. The first-order valence-corrected chi connectivity index (χ1v) is 4.60. The van der Waals surface area contributed by atoms with Crippen LogP contribution < -0.4 is 0 Å². The first-order chi connectivity index (χ1) is 7.36. The molecular formula is C11H10N4. The lowest BCUT2D eigenvalue weighted by molar-refractivity contribution is 0.715. The second kappa shape index (κ2) is 4.38. The molecule has 0 aliphatic heterocycles. The third-order valence-corrected chi connectivity index (χ3v) is 1.89. The average molecular weight is 198 g/mol. The highest BCUT2D eigenvalue weighted by Crippen LogP contribution is 1.95. The van der Waals surface area contributed by atoms with E-state index in [0.29, 0.717) is 6.54 Å². The van der Waals surface area contributed by atoms with E-state index in [4.69, 9.17) is 0 Å². The molecule has 0 radical (unpaired) electrons. The Labute approximate surface area is 88.0 Å². The lowest BCUT2D eigenvalue weighted by Gasteiger charge is -1.93. The van der Waals surface area contributed by atoms with Crippen molar-refractivity contribution in [1.29, 1.82) is 0 Å². The van der Waals surface area contributed by atoms with Crippen LogP contribution in [0.25, 0.3) is 0 Å². The molecule has 2 aromatic heterocycles. The van der Waals surface area contributed by atoms with Crippen molar-refractivity contribution in [1.82, 2.24) is 19.7 Å². The van der Waals surface area contributed by atoms with Crippen molar-refractivity contribution < 1.29 is 0 Å². The number of aryl methyl sites for hydroxylation is 1. The second-order valence-electron chi connectivity index (χ2n) is 3.00. The first kappa shape index (κ1) is 9.41. The molecule has 2 aromatic rings. The fourth-order valence-electron chi connectivity index (χ4n) is 1.13. The summed E-state index contributed by atoms with van der Waals surface area (Å²) in [7, 11) is 0. The van der Waals surface area contributed by atoms with Crippen LogP contribution in [0.2, 0.25) is 0 Å². The molecule has 0 saturated carbocycles. The minimum Gasteiger partial charge on any atom is -0.261 e. The van der Waals surface area contributed by atoms with E-state index in [0.717, 1.165) is 11.4 Å². The van der Waals surface area contributed by atoms with Crippen molar-refractivity contribution in [3.8, 4) is 11.8 Å². The summed E-state index contributed by atoms with van der Waals surface area (Å²) >= 11 is 0. The molecule has 0 N–H and O–H groups in total. The van der Waals surface area contributed by atoms with E-state index in [-0.39, 0.29) is 0 Å². The maximum atomic E-state index is 4.13. The number of aromatic nitrogens is 4. The molecule has 74 valence electrons. The van der Waals surface area contributed by atoms with Crippen molar-refractivity contribution in [2.75, 3.05) is 0 Å². The molecule has 0 aliphatic carbocycles. The van der Waals surface area contributed by atoms with Crippen molar-refractivity contribution in [2.45, 2.75) is 13.5 Å². The van der Waals surface area contributed by atoms with Gasteiger partial charge in [0.25, 0.3) is 0 Å². The molecule has 2 heterocycles. The topological polar surface area (TPSA) is 43.6 Å². The summed E-state index contributed by atoms with van der Waals surface area (Å²) in [6.45, 7) is 2.47. The van der Waals surface area contributed by atoms with E-state index < -0.39 is 0 Å². The van der Waals surface area contributed by atoms with Gasteiger partial charge in [-0.3, -0.25) is 9.67 Å². The standard InChI is InChI=1S/C11H10N4/c1-10-11(13-7-6-12-10)4-2-8-15-9-3-5-14-15/h3,5-7,9H,8H2,1H3. The molecule has 0 aliphatic rings. The molecular weight excluding hydrogens is 188 g/mol. The van der Waals surface area contributed by atoms with Gasteiger partial charge in [0.2, 0.25) is 0 Å². The van der Waals surface area contributed by atoms with Gasteiger partial charge >= 0.3 is 0 Å². The highest BCUT2D eigenvalue weighted by molar-refractivity contribution is 5.30. The van der Waals surface area contributed by atoms with Crippen molar-refractivity contribution >= 4 is 0 Å². The van der Waals surface area contributed by atoms with Gasteiger partial charge in [-0.25, -0.2) is 4.98 Å². The summed E-state index contributed by atoms with van der Waals surface area (Å²) in [5.74, 6) is 5.96. The maximum absolute atomic E-state index is 4.13. The van der Waals surface area contributed by atoms with Gasteiger partial charge in [0.05, 0.1) is 5.69 Å². The number of hydrogen-bond donors (Lipinski definition) is 0. The van der Waals surface area contributed by atoms with Crippen LogP contribution in [0.3, 0.4) is 0 Å². The van der Waals surface area contributed by atoms with Gasteiger partial charge in [0.15, 0.2) is 0 Å². The average Bonchev–Trinajstić information content (AvgIpc) is 2.74. The van der Waals surface area contributed by atoms with Gasteiger partial charge in [-0.2, -0.15) is 5.10 Å². The van der Waals surface area contributed by atoms with Crippen LogP contribution in [-0.4, -0.2) is 19.7 Å². The smallest absolute Gasteiger partial charge is 0.134 e. The Morgan fingerprint density at radius 3 is 2.87 bits per heavy atom. The van der Waals surface area contributed by atoms with Crippen LogP contribution in [0.1, 0.15) is 11.4 Å². The highest BCUT2D eigenvalue weighted by atomic mass is 15.3.